The van der Waals surface area contributed by atoms with Crippen LogP contribution in [-0.2, 0) is 16.5 Å². The second kappa shape index (κ2) is 16.6. The van der Waals surface area contributed by atoms with E-state index >= 15 is 0 Å². The Labute approximate surface area is 295 Å². The molecule has 0 spiro atoms. The summed E-state index contributed by atoms with van der Waals surface area (Å²) in [6, 6.07) is 5.99. The zero-order valence-electron chi connectivity index (χ0n) is 25.6. The van der Waals surface area contributed by atoms with E-state index in [-0.39, 0.29) is 63.5 Å². The summed E-state index contributed by atoms with van der Waals surface area (Å²) < 4.78 is 116. The molecule has 15 heteroatoms. The minimum atomic E-state index is -1.57. The van der Waals surface area contributed by atoms with E-state index in [4.69, 9.17) is 12.8 Å². The summed E-state index contributed by atoms with van der Waals surface area (Å²) in [6.07, 6.45) is 21.5. The Balaban J connectivity index is 0.000000224. The summed E-state index contributed by atoms with van der Waals surface area (Å²) in [5.74, 6) is -8.35. The van der Waals surface area contributed by atoms with Gasteiger partial charge in [0, 0.05) is 12.4 Å². The molecule has 0 radical (unpaired) electrons. The molecule has 0 bridgehead atoms. The summed E-state index contributed by atoms with van der Waals surface area (Å²) in [6.45, 7) is -0.588. The van der Waals surface area contributed by atoms with Gasteiger partial charge in [0.25, 0.3) is 0 Å². The van der Waals surface area contributed by atoms with E-state index in [1.807, 2.05) is 0 Å². The first kappa shape index (κ1) is 37.8. The van der Waals surface area contributed by atoms with Crippen LogP contribution in [0.1, 0.15) is 22.5 Å². The fourth-order valence-electron chi connectivity index (χ4n) is 4.86. The van der Waals surface area contributed by atoms with Crippen LogP contribution in [0.25, 0.3) is 11.1 Å². The topological polar surface area (TPSA) is 77.0 Å². The molecule has 2 aliphatic rings. The molecule has 260 valence electrons. The van der Waals surface area contributed by atoms with Crippen LogP contribution in [0.15, 0.2) is 82.3 Å². The third-order valence-corrected chi connectivity index (χ3v) is 7.00. The summed E-state index contributed by atoms with van der Waals surface area (Å²) in [4.78, 5) is 15.9. The van der Waals surface area contributed by atoms with E-state index in [9.17, 15) is 35.1 Å². The summed E-state index contributed by atoms with van der Waals surface area (Å²) in [5, 5.41) is 4.28. The SMILES string of the molecule is C#CCNc1c(F)c(F)c(/C(=C2\C=CC=N2)c2ccc[n-]2)c(F)c1F.C#CCNc1c(F)c(F)c(/C(=C2\C=CC=N2)c2ccc[n-]2)c(F)c1F.[Ni+2]. The van der Waals surface area contributed by atoms with Crippen LogP contribution in [0, 0.1) is 71.2 Å². The van der Waals surface area contributed by atoms with Crippen molar-refractivity contribution in [1.29, 1.82) is 0 Å². The van der Waals surface area contributed by atoms with Gasteiger partial charge in [-0.15, -0.1) is 24.2 Å². The van der Waals surface area contributed by atoms with Crippen LogP contribution in [0.2, 0.25) is 0 Å². The smallest absolute Gasteiger partial charge is 0.664 e. The van der Waals surface area contributed by atoms with Crippen molar-refractivity contribution < 1.29 is 51.6 Å². The minimum absolute atomic E-state index is 0. The molecule has 4 heterocycles. The van der Waals surface area contributed by atoms with Crippen molar-refractivity contribution in [3.8, 4) is 24.7 Å². The van der Waals surface area contributed by atoms with Gasteiger partial charge in [0.1, 0.15) is 11.4 Å². The van der Waals surface area contributed by atoms with E-state index in [1.54, 1.807) is 0 Å². The number of aliphatic imine (C=N–C) groups is 2. The Morgan fingerprint density at radius 2 is 0.941 bits per heavy atom. The van der Waals surface area contributed by atoms with E-state index in [0.717, 1.165) is 0 Å². The van der Waals surface area contributed by atoms with Crippen molar-refractivity contribution in [2.75, 3.05) is 23.7 Å². The average molecular weight is 747 g/mol. The quantitative estimate of drug-likeness (QED) is 0.0860. The number of nitrogens with one attached hydrogen (secondary N) is 2. The second-order valence-corrected chi connectivity index (χ2v) is 9.97. The first-order valence-electron chi connectivity index (χ1n) is 14.3. The Morgan fingerprint density at radius 1 is 0.588 bits per heavy atom. The van der Waals surface area contributed by atoms with E-state index in [2.05, 4.69) is 42.4 Å². The van der Waals surface area contributed by atoms with Crippen molar-refractivity contribution >= 4 is 35.0 Å². The molecule has 2 N–H and O–H groups in total. The number of allylic oxidation sites excluding steroid dienone is 4. The fraction of sp³-hybridized carbons (Fsp3) is 0.0556. The molecule has 51 heavy (non-hydrogen) atoms. The van der Waals surface area contributed by atoms with E-state index in [0.29, 0.717) is 0 Å². The van der Waals surface area contributed by atoms with Gasteiger partial charge in [-0.05, 0) is 35.5 Å². The average Bonchev–Trinajstić information content (AvgIpc) is 3.96. The van der Waals surface area contributed by atoms with Crippen LogP contribution >= 0.6 is 0 Å². The van der Waals surface area contributed by atoms with Gasteiger partial charge in [0.2, 0.25) is 0 Å². The van der Waals surface area contributed by atoms with Gasteiger partial charge in [0.05, 0.1) is 35.6 Å². The van der Waals surface area contributed by atoms with Crippen LogP contribution in [0.5, 0.6) is 0 Å². The zero-order chi connectivity index (χ0) is 35.9. The maximum absolute atomic E-state index is 14.6. The summed E-state index contributed by atoms with van der Waals surface area (Å²) >= 11 is 0. The Hall–Kier alpha value is -6.05. The van der Waals surface area contributed by atoms with Crippen molar-refractivity contribution in [1.82, 2.24) is 9.97 Å². The number of benzene rings is 2. The second-order valence-electron chi connectivity index (χ2n) is 9.97. The molecule has 0 aliphatic carbocycles. The fourth-order valence-corrected chi connectivity index (χ4v) is 4.86. The molecule has 0 fully saturated rings. The molecule has 0 amide bonds. The number of rotatable bonds is 8. The molecular formula is C36H20F8N6Ni. The first-order chi connectivity index (χ1) is 24.1. The number of hydrogen-bond donors (Lipinski definition) is 2. The summed E-state index contributed by atoms with van der Waals surface area (Å²) in [7, 11) is 0. The molecule has 6 nitrogen and oxygen atoms in total. The van der Waals surface area contributed by atoms with Gasteiger partial charge in [-0.25, -0.2) is 35.1 Å². The largest absolute Gasteiger partial charge is 2.00 e. The van der Waals surface area contributed by atoms with Gasteiger partial charge in [-0.1, -0.05) is 36.1 Å². The zero-order valence-corrected chi connectivity index (χ0v) is 26.6. The molecular weight excluding hydrogens is 727 g/mol. The number of halogens is 8. The molecule has 2 aromatic carbocycles. The van der Waals surface area contributed by atoms with E-state index in [1.165, 1.54) is 73.4 Å². The van der Waals surface area contributed by atoms with Crippen LogP contribution in [0.4, 0.5) is 46.5 Å². The molecule has 0 saturated carbocycles. The predicted molar refractivity (Wildman–Crippen MR) is 174 cm³/mol. The molecule has 0 atom stereocenters. The van der Waals surface area contributed by atoms with Crippen molar-refractivity contribution in [2.24, 2.45) is 9.98 Å². The molecule has 0 saturated heterocycles. The molecule has 2 aromatic heterocycles. The van der Waals surface area contributed by atoms with Gasteiger partial charge in [0.15, 0.2) is 46.5 Å². The maximum atomic E-state index is 14.6. The molecule has 2 aliphatic heterocycles. The van der Waals surface area contributed by atoms with Crippen molar-refractivity contribution in [3.63, 3.8) is 0 Å². The van der Waals surface area contributed by atoms with Gasteiger partial charge in [-0.2, -0.15) is 12.4 Å². The predicted octanol–water partition coefficient (Wildman–Crippen LogP) is 7.29. The van der Waals surface area contributed by atoms with Gasteiger partial charge >= 0.3 is 16.5 Å². The van der Waals surface area contributed by atoms with Crippen LogP contribution in [0.3, 0.4) is 0 Å². The van der Waals surface area contributed by atoms with Gasteiger partial charge in [-0.3, -0.25) is 9.98 Å². The number of aromatic nitrogens is 2. The van der Waals surface area contributed by atoms with Crippen molar-refractivity contribution in [3.05, 3.63) is 141 Å². The number of hydrogen-bond acceptors (Lipinski definition) is 4. The standard InChI is InChI=1S/2C18H10F4N3.Ni/c2*1-2-7-25-18-16(21)14(19)13(15(20)17(18)22)12(10-5-3-8-23-10)11-6-4-9-24-11;/h2*1,3-6,8-9,25H,7H2;/q2*-1;+2/b2*12-10+;. The molecule has 6 rings (SSSR count). The Morgan fingerprint density at radius 3 is 1.20 bits per heavy atom. The normalized spacial score (nSPS) is 14.4. The van der Waals surface area contributed by atoms with Crippen molar-refractivity contribution in [2.45, 2.75) is 0 Å². The van der Waals surface area contributed by atoms with Gasteiger partial charge < -0.3 is 20.6 Å². The number of terminal acetylenes is 2. The molecule has 0 unspecified atom stereocenters. The van der Waals surface area contributed by atoms with E-state index < -0.39 is 69.0 Å². The molecule has 4 aromatic rings. The summed E-state index contributed by atoms with van der Waals surface area (Å²) in [5.41, 5.74) is -3.41. The third kappa shape index (κ3) is 7.44. The first-order valence-corrected chi connectivity index (χ1v) is 14.3. The van der Waals surface area contributed by atoms with Crippen LogP contribution < -0.4 is 20.6 Å². The third-order valence-electron chi connectivity index (χ3n) is 7.00. The Bertz CT molecular complexity index is 1970. The monoisotopic (exact) mass is 746 g/mol. The number of anilines is 2. The maximum Gasteiger partial charge on any atom is 2.00 e. The van der Waals surface area contributed by atoms with Crippen LogP contribution in [-0.4, -0.2) is 25.5 Å². The minimum Gasteiger partial charge on any atom is -0.664 e. The Kier molecular flexibility index (Phi) is 12.3. The number of nitrogens with zero attached hydrogens (tertiary/aromatic N) is 4.